The zero-order valence-electron chi connectivity index (χ0n) is 14.9. The summed E-state index contributed by atoms with van der Waals surface area (Å²) >= 11 is 0. The third-order valence-corrected chi connectivity index (χ3v) is 5.02. The van der Waals surface area contributed by atoms with Crippen molar-refractivity contribution in [2.45, 2.75) is 46.1 Å². The minimum Gasteiger partial charge on any atom is -0.472 e. The van der Waals surface area contributed by atoms with Gasteiger partial charge in [-0.05, 0) is 27.2 Å². The Hall–Kier alpha value is -2.28. The van der Waals surface area contributed by atoms with Crippen molar-refractivity contribution < 1.29 is 4.74 Å². The zero-order chi connectivity index (χ0) is 17.6. The smallest absolute Gasteiger partial charge is 0.254 e. The zero-order valence-corrected chi connectivity index (χ0v) is 14.9. The summed E-state index contributed by atoms with van der Waals surface area (Å²) in [6, 6.07) is 0. The van der Waals surface area contributed by atoms with E-state index in [9.17, 15) is 4.79 Å². The van der Waals surface area contributed by atoms with Gasteiger partial charge in [0, 0.05) is 49.3 Å². The van der Waals surface area contributed by atoms with Crippen LogP contribution in [0.4, 0.5) is 0 Å². The maximum absolute atomic E-state index is 12.2. The molecule has 25 heavy (non-hydrogen) atoms. The molecule has 0 fully saturated rings. The lowest BCUT2D eigenvalue weighted by atomic mass is 10.1. The molecule has 0 radical (unpaired) electrons. The normalized spacial score (nSPS) is 19.9. The lowest BCUT2D eigenvalue weighted by molar-refractivity contribution is 0.150. The first kappa shape index (κ1) is 16.2. The molecule has 4 heterocycles. The number of aromatic nitrogens is 4. The minimum absolute atomic E-state index is 0.00949. The van der Waals surface area contributed by atoms with Gasteiger partial charge in [0.1, 0.15) is 17.8 Å². The highest BCUT2D eigenvalue weighted by Gasteiger charge is 2.29. The summed E-state index contributed by atoms with van der Waals surface area (Å²) in [5, 5.41) is 0. The summed E-state index contributed by atoms with van der Waals surface area (Å²) in [4.78, 5) is 30.7. The third-order valence-electron chi connectivity index (χ3n) is 5.02. The quantitative estimate of drug-likeness (QED) is 0.873. The Labute approximate surface area is 146 Å². The molecule has 0 unspecified atom stereocenters. The Morgan fingerprint density at radius 3 is 2.76 bits per heavy atom. The first-order valence-corrected chi connectivity index (χ1v) is 8.81. The van der Waals surface area contributed by atoms with Crippen molar-refractivity contribution in [1.29, 1.82) is 0 Å². The molecular formula is C18H23N5O2. The lowest BCUT2D eigenvalue weighted by Crippen LogP contribution is -2.36. The fourth-order valence-electron chi connectivity index (χ4n) is 3.82. The molecule has 0 saturated carbocycles. The molecule has 2 aromatic rings. The predicted octanol–water partition coefficient (Wildman–Crippen LogP) is 0.889. The van der Waals surface area contributed by atoms with Crippen molar-refractivity contribution in [2.75, 3.05) is 19.6 Å². The van der Waals surface area contributed by atoms with Gasteiger partial charge in [0.05, 0.1) is 5.69 Å². The van der Waals surface area contributed by atoms with Crippen molar-refractivity contribution in [2.24, 2.45) is 0 Å². The first-order chi connectivity index (χ1) is 12.0. The average Bonchev–Trinajstić information content (AvgIpc) is 2.82. The van der Waals surface area contributed by atoms with Crippen LogP contribution in [0.15, 0.2) is 4.79 Å². The third kappa shape index (κ3) is 3.16. The van der Waals surface area contributed by atoms with Crippen LogP contribution in [0.25, 0.3) is 0 Å². The van der Waals surface area contributed by atoms with Gasteiger partial charge in [0.25, 0.3) is 5.56 Å². The van der Waals surface area contributed by atoms with Gasteiger partial charge in [-0.1, -0.05) is 0 Å². The summed E-state index contributed by atoms with van der Waals surface area (Å²) in [6.07, 6.45) is 2.48. The molecule has 1 atom stereocenters. The second-order valence-electron chi connectivity index (χ2n) is 6.96. The monoisotopic (exact) mass is 341 g/mol. The summed E-state index contributed by atoms with van der Waals surface area (Å²) in [5.41, 5.74) is 3.93. The van der Waals surface area contributed by atoms with Gasteiger partial charge in [-0.3, -0.25) is 9.69 Å². The molecule has 7 nitrogen and oxygen atoms in total. The highest BCUT2D eigenvalue weighted by Crippen LogP contribution is 2.29. The number of aromatic amines is 1. The van der Waals surface area contributed by atoms with E-state index in [1.165, 1.54) is 0 Å². The predicted molar refractivity (Wildman–Crippen MR) is 93.1 cm³/mol. The van der Waals surface area contributed by atoms with Gasteiger partial charge in [-0.25, -0.2) is 9.97 Å². The molecule has 0 spiro atoms. The van der Waals surface area contributed by atoms with Crippen molar-refractivity contribution in [3.63, 3.8) is 0 Å². The first-order valence-electron chi connectivity index (χ1n) is 8.81. The number of fused-ring (bicyclic) bond motifs is 2. The van der Waals surface area contributed by atoms with Crippen LogP contribution < -0.4 is 10.3 Å². The number of H-pyrrole nitrogens is 1. The Bertz CT molecular complexity index is 877. The molecule has 4 rings (SSSR count). The highest BCUT2D eigenvalue weighted by molar-refractivity contribution is 5.34. The van der Waals surface area contributed by atoms with Crippen LogP contribution in [0.3, 0.4) is 0 Å². The summed E-state index contributed by atoms with van der Waals surface area (Å²) in [7, 11) is 0. The van der Waals surface area contributed by atoms with E-state index in [1.807, 2.05) is 20.8 Å². The van der Waals surface area contributed by atoms with Crippen LogP contribution in [-0.2, 0) is 19.3 Å². The number of hydrogen-bond acceptors (Lipinski definition) is 6. The van der Waals surface area contributed by atoms with E-state index in [1.54, 1.807) is 0 Å². The number of aryl methyl sites for hydroxylation is 3. The number of nitrogens with one attached hydrogen (secondary N) is 1. The molecular weight excluding hydrogens is 318 g/mol. The Kier molecular flexibility index (Phi) is 4.03. The standard InChI is InChI=1S/C18H23N5O2/c1-10-15-8-13(25-18(15)22-11(2)19-10)9-23-6-4-14-16(5-7-23)20-12(3)21-17(14)24/h13H,4-9H2,1-3H3,(H,20,21,24)/t13-/m1/s1. The van der Waals surface area contributed by atoms with Crippen molar-refractivity contribution in [3.05, 3.63) is 44.5 Å². The van der Waals surface area contributed by atoms with E-state index in [4.69, 9.17) is 4.74 Å². The van der Waals surface area contributed by atoms with E-state index in [2.05, 4.69) is 24.8 Å². The summed E-state index contributed by atoms with van der Waals surface area (Å²) in [6.45, 7) is 8.31. The van der Waals surface area contributed by atoms with E-state index in [-0.39, 0.29) is 11.7 Å². The van der Waals surface area contributed by atoms with E-state index >= 15 is 0 Å². The van der Waals surface area contributed by atoms with Gasteiger partial charge in [-0.2, -0.15) is 4.98 Å². The van der Waals surface area contributed by atoms with Crippen LogP contribution >= 0.6 is 0 Å². The molecule has 0 amide bonds. The van der Waals surface area contributed by atoms with Gasteiger partial charge in [0.2, 0.25) is 5.88 Å². The van der Waals surface area contributed by atoms with Gasteiger partial charge in [0.15, 0.2) is 0 Å². The topological polar surface area (TPSA) is 84.0 Å². The molecule has 2 aliphatic rings. The molecule has 2 aromatic heterocycles. The fraction of sp³-hybridized carbons (Fsp3) is 0.556. The number of ether oxygens (including phenoxy) is 1. The Morgan fingerprint density at radius 2 is 1.92 bits per heavy atom. The SMILES string of the molecule is Cc1nc(C)c2c(n1)O[C@@H](CN1CCc3nc(C)[nH]c(=O)c3CC1)C2. The second-order valence-corrected chi connectivity index (χ2v) is 6.96. The highest BCUT2D eigenvalue weighted by atomic mass is 16.5. The fourth-order valence-corrected chi connectivity index (χ4v) is 3.82. The summed E-state index contributed by atoms with van der Waals surface area (Å²) in [5.74, 6) is 2.18. The number of nitrogens with zero attached hydrogens (tertiary/aromatic N) is 4. The van der Waals surface area contributed by atoms with Gasteiger partial charge in [-0.15, -0.1) is 0 Å². The Balaban J connectivity index is 1.45. The molecule has 0 aliphatic carbocycles. The molecule has 0 aromatic carbocycles. The van der Waals surface area contributed by atoms with Crippen molar-refractivity contribution >= 4 is 0 Å². The van der Waals surface area contributed by atoms with E-state index in [0.717, 1.165) is 73.1 Å². The van der Waals surface area contributed by atoms with E-state index < -0.39 is 0 Å². The maximum Gasteiger partial charge on any atom is 0.254 e. The van der Waals surface area contributed by atoms with Crippen LogP contribution in [0.1, 0.15) is 34.2 Å². The van der Waals surface area contributed by atoms with Crippen LogP contribution in [0.5, 0.6) is 5.88 Å². The number of hydrogen-bond donors (Lipinski definition) is 1. The second kappa shape index (κ2) is 6.22. The number of rotatable bonds is 2. The maximum atomic E-state index is 12.2. The largest absolute Gasteiger partial charge is 0.472 e. The van der Waals surface area contributed by atoms with Gasteiger partial charge >= 0.3 is 0 Å². The van der Waals surface area contributed by atoms with Crippen LogP contribution in [-0.4, -0.2) is 50.6 Å². The van der Waals surface area contributed by atoms with Crippen molar-refractivity contribution in [3.8, 4) is 5.88 Å². The van der Waals surface area contributed by atoms with Crippen LogP contribution in [0.2, 0.25) is 0 Å². The van der Waals surface area contributed by atoms with Crippen LogP contribution in [0, 0.1) is 20.8 Å². The minimum atomic E-state index is 0.00949. The molecule has 132 valence electrons. The molecule has 0 bridgehead atoms. The lowest BCUT2D eigenvalue weighted by Gasteiger charge is -2.22. The van der Waals surface area contributed by atoms with Crippen molar-refractivity contribution in [1.82, 2.24) is 24.8 Å². The van der Waals surface area contributed by atoms with Gasteiger partial charge < -0.3 is 9.72 Å². The molecule has 2 aliphatic heterocycles. The van der Waals surface area contributed by atoms with E-state index in [0.29, 0.717) is 5.82 Å². The Morgan fingerprint density at radius 1 is 1.12 bits per heavy atom. The molecule has 7 heteroatoms. The molecule has 0 saturated heterocycles. The average molecular weight is 341 g/mol. The molecule has 1 N–H and O–H groups in total. The summed E-state index contributed by atoms with van der Waals surface area (Å²) < 4.78 is 6.06.